The molecule has 0 unspecified atom stereocenters. The first-order valence-corrected chi connectivity index (χ1v) is 7.76. The molecule has 0 bridgehead atoms. The van der Waals surface area contributed by atoms with Crippen LogP contribution in [-0.4, -0.2) is 37.7 Å². The van der Waals surface area contributed by atoms with Crippen molar-refractivity contribution in [3.8, 4) is 5.75 Å². The molecule has 3 heteroatoms. The normalized spacial score (nSPS) is 17.0. The molecule has 0 radical (unpaired) electrons. The third-order valence-electron chi connectivity index (χ3n) is 4.41. The standard InChI is InChI=1S/C17H28N2O/c1-4-12-20-16-8-6-15(7-9-16)13-18-14-17(19(2)3)10-5-11-17/h6-9,18H,4-5,10-14H2,1-3H3. The molecule has 0 aromatic heterocycles. The molecule has 1 aliphatic rings. The number of likely N-dealkylation sites (N-methyl/N-ethyl adjacent to an activating group) is 1. The Balaban J connectivity index is 1.76. The molecule has 20 heavy (non-hydrogen) atoms. The molecular weight excluding hydrogens is 248 g/mol. The number of rotatable bonds is 8. The Morgan fingerprint density at radius 2 is 1.90 bits per heavy atom. The molecule has 3 nitrogen and oxygen atoms in total. The van der Waals surface area contributed by atoms with Crippen LogP contribution in [0.2, 0.25) is 0 Å². The van der Waals surface area contributed by atoms with Crippen LogP contribution < -0.4 is 10.1 Å². The van der Waals surface area contributed by atoms with Crippen molar-refractivity contribution in [3.05, 3.63) is 29.8 Å². The first-order chi connectivity index (χ1) is 9.66. The van der Waals surface area contributed by atoms with E-state index < -0.39 is 0 Å². The summed E-state index contributed by atoms with van der Waals surface area (Å²) in [6.07, 6.45) is 5.05. The van der Waals surface area contributed by atoms with Crippen molar-refractivity contribution in [2.24, 2.45) is 0 Å². The van der Waals surface area contributed by atoms with E-state index in [1.54, 1.807) is 0 Å². The molecule has 1 aromatic carbocycles. The van der Waals surface area contributed by atoms with Gasteiger partial charge in [0.1, 0.15) is 5.75 Å². The number of nitrogens with zero attached hydrogens (tertiary/aromatic N) is 1. The molecule has 0 atom stereocenters. The van der Waals surface area contributed by atoms with Crippen LogP contribution in [0, 0.1) is 0 Å². The summed E-state index contributed by atoms with van der Waals surface area (Å²) in [6.45, 7) is 4.93. The Hall–Kier alpha value is -1.06. The number of nitrogens with one attached hydrogen (secondary N) is 1. The maximum absolute atomic E-state index is 5.60. The van der Waals surface area contributed by atoms with Crippen LogP contribution in [0.3, 0.4) is 0 Å². The Morgan fingerprint density at radius 3 is 2.40 bits per heavy atom. The summed E-state index contributed by atoms with van der Waals surface area (Å²) < 4.78 is 5.60. The summed E-state index contributed by atoms with van der Waals surface area (Å²) >= 11 is 0. The van der Waals surface area contributed by atoms with Crippen molar-refractivity contribution in [2.75, 3.05) is 27.2 Å². The average Bonchev–Trinajstić information content (AvgIpc) is 2.40. The van der Waals surface area contributed by atoms with Crippen molar-refractivity contribution < 1.29 is 4.74 Å². The number of hydrogen-bond donors (Lipinski definition) is 1. The minimum atomic E-state index is 0.393. The van der Waals surface area contributed by atoms with Gasteiger partial charge in [0.05, 0.1) is 6.61 Å². The highest BCUT2D eigenvalue weighted by molar-refractivity contribution is 5.27. The van der Waals surface area contributed by atoms with E-state index in [9.17, 15) is 0 Å². The minimum Gasteiger partial charge on any atom is -0.494 e. The molecular formula is C17H28N2O. The minimum absolute atomic E-state index is 0.393. The van der Waals surface area contributed by atoms with Gasteiger partial charge in [-0.1, -0.05) is 19.1 Å². The molecule has 1 saturated carbocycles. The van der Waals surface area contributed by atoms with Gasteiger partial charge in [0.25, 0.3) is 0 Å². The third-order valence-corrected chi connectivity index (χ3v) is 4.41. The lowest BCUT2D eigenvalue weighted by Crippen LogP contribution is -2.56. The van der Waals surface area contributed by atoms with Crippen molar-refractivity contribution in [1.29, 1.82) is 0 Å². The van der Waals surface area contributed by atoms with Crippen LogP contribution in [0.1, 0.15) is 38.2 Å². The van der Waals surface area contributed by atoms with Crippen molar-refractivity contribution >= 4 is 0 Å². The summed E-state index contributed by atoms with van der Waals surface area (Å²) in [6, 6.07) is 8.44. The van der Waals surface area contributed by atoms with E-state index in [1.165, 1.54) is 24.8 Å². The second-order valence-electron chi connectivity index (χ2n) is 6.07. The topological polar surface area (TPSA) is 24.5 Å². The quantitative estimate of drug-likeness (QED) is 0.790. The predicted octanol–water partition coefficient (Wildman–Crippen LogP) is 3.05. The Morgan fingerprint density at radius 1 is 1.20 bits per heavy atom. The van der Waals surface area contributed by atoms with Crippen LogP contribution in [0.15, 0.2) is 24.3 Å². The summed E-state index contributed by atoms with van der Waals surface area (Å²) in [4.78, 5) is 2.38. The molecule has 112 valence electrons. The molecule has 1 aliphatic carbocycles. The second kappa shape index (κ2) is 7.09. The summed E-state index contributed by atoms with van der Waals surface area (Å²) in [5, 5.41) is 3.61. The number of benzene rings is 1. The van der Waals surface area contributed by atoms with Crippen LogP contribution in [0.5, 0.6) is 5.75 Å². The van der Waals surface area contributed by atoms with Gasteiger partial charge in [0, 0.05) is 18.6 Å². The van der Waals surface area contributed by atoms with Crippen LogP contribution in [-0.2, 0) is 6.54 Å². The summed E-state index contributed by atoms with van der Waals surface area (Å²) in [5.41, 5.74) is 1.71. The fourth-order valence-electron chi connectivity index (χ4n) is 2.73. The Bertz CT molecular complexity index is 396. The lowest BCUT2D eigenvalue weighted by molar-refractivity contribution is 0.0598. The van der Waals surface area contributed by atoms with Gasteiger partial charge in [-0.15, -0.1) is 0 Å². The van der Waals surface area contributed by atoms with Crippen LogP contribution >= 0.6 is 0 Å². The zero-order chi connectivity index (χ0) is 14.4. The first kappa shape index (κ1) is 15.3. The lowest BCUT2D eigenvalue weighted by Gasteiger charge is -2.47. The van der Waals surface area contributed by atoms with E-state index in [0.29, 0.717) is 5.54 Å². The maximum Gasteiger partial charge on any atom is 0.119 e. The van der Waals surface area contributed by atoms with Gasteiger partial charge in [-0.05, 0) is 57.5 Å². The van der Waals surface area contributed by atoms with Gasteiger partial charge in [0.2, 0.25) is 0 Å². The molecule has 2 rings (SSSR count). The SMILES string of the molecule is CCCOc1ccc(CNCC2(N(C)C)CCC2)cc1. The van der Waals surface area contributed by atoms with Gasteiger partial charge >= 0.3 is 0 Å². The molecule has 0 amide bonds. The Labute approximate surface area is 123 Å². The zero-order valence-corrected chi connectivity index (χ0v) is 13.1. The molecule has 0 heterocycles. The molecule has 0 spiro atoms. The molecule has 1 fully saturated rings. The first-order valence-electron chi connectivity index (χ1n) is 7.76. The highest BCUT2D eigenvalue weighted by atomic mass is 16.5. The van der Waals surface area contributed by atoms with Crippen LogP contribution in [0.25, 0.3) is 0 Å². The largest absolute Gasteiger partial charge is 0.494 e. The van der Waals surface area contributed by atoms with Gasteiger partial charge in [0.15, 0.2) is 0 Å². The van der Waals surface area contributed by atoms with E-state index in [0.717, 1.165) is 31.9 Å². The monoisotopic (exact) mass is 276 g/mol. The molecule has 1 aromatic rings. The van der Waals surface area contributed by atoms with E-state index in [1.807, 2.05) is 0 Å². The maximum atomic E-state index is 5.60. The van der Waals surface area contributed by atoms with Gasteiger partial charge < -0.3 is 15.0 Å². The zero-order valence-electron chi connectivity index (χ0n) is 13.1. The fourth-order valence-corrected chi connectivity index (χ4v) is 2.73. The smallest absolute Gasteiger partial charge is 0.119 e. The molecule has 1 N–H and O–H groups in total. The number of ether oxygens (including phenoxy) is 1. The summed E-state index contributed by atoms with van der Waals surface area (Å²) in [5.74, 6) is 0.972. The molecule has 0 aliphatic heterocycles. The average molecular weight is 276 g/mol. The van der Waals surface area contributed by atoms with Gasteiger partial charge in [-0.3, -0.25) is 0 Å². The highest BCUT2D eigenvalue weighted by Crippen LogP contribution is 2.35. The van der Waals surface area contributed by atoms with Gasteiger partial charge in [-0.2, -0.15) is 0 Å². The summed E-state index contributed by atoms with van der Waals surface area (Å²) in [7, 11) is 4.39. The number of hydrogen-bond acceptors (Lipinski definition) is 3. The lowest BCUT2D eigenvalue weighted by atomic mass is 9.75. The highest BCUT2D eigenvalue weighted by Gasteiger charge is 2.38. The van der Waals surface area contributed by atoms with Crippen molar-refractivity contribution in [3.63, 3.8) is 0 Å². The van der Waals surface area contributed by atoms with Crippen molar-refractivity contribution in [1.82, 2.24) is 10.2 Å². The van der Waals surface area contributed by atoms with Gasteiger partial charge in [-0.25, -0.2) is 0 Å². The van der Waals surface area contributed by atoms with E-state index in [2.05, 4.69) is 55.5 Å². The predicted molar refractivity (Wildman–Crippen MR) is 84.2 cm³/mol. The van der Waals surface area contributed by atoms with Crippen molar-refractivity contribution in [2.45, 2.75) is 44.7 Å². The second-order valence-corrected chi connectivity index (χ2v) is 6.07. The molecule has 0 saturated heterocycles. The van der Waals surface area contributed by atoms with E-state index >= 15 is 0 Å². The van der Waals surface area contributed by atoms with E-state index in [4.69, 9.17) is 4.74 Å². The fraction of sp³-hybridized carbons (Fsp3) is 0.647. The van der Waals surface area contributed by atoms with Crippen LogP contribution in [0.4, 0.5) is 0 Å². The Kier molecular flexibility index (Phi) is 5.44. The van der Waals surface area contributed by atoms with E-state index in [-0.39, 0.29) is 0 Å². The third kappa shape index (κ3) is 3.74.